The average molecular weight is 167 g/mol. The van der Waals surface area contributed by atoms with Crippen molar-refractivity contribution in [2.75, 3.05) is 0 Å². The van der Waals surface area contributed by atoms with E-state index in [2.05, 4.69) is 45.7 Å². The van der Waals surface area contributed by atoms with Crippen LogP contribution in [0.2, 0.25) is 0 Å². The van der Waals surface area contributed by atoms with Crippen LogP contribution in [0, 0.1) is 5.41 Å². The molecule has 0 aromatic heterocycles. The summed E-state index contributed by atoms with van der Waals surface area (Å²) in [5.41, 5.74) is 1.55. The van der Waals surface area contributed by atoms with Gasteiger partial charge in [-0.05, 0) is 24.5 Å². The fraction of sp³-hybridized carbons (Fsp3) is 0.636. The first kappa shape index (κ1) is 11.3. The molecule has 0 aliphatic carbocycles. The third-order valence-corrected chi connectivity index (χ3v) is 2.14. The summed E-state index contributed by atoms with van der Waals surface area (Å²) in [6.45, 7) is 12.5. The van der Waals surface area contributed by atoms with E-state index in [0.717, 1.165) is 12.8 Å². The highest BCUT2D eigenvalue weighted by Gasteiger charge is 2.11. The van der Waals surface area contributed by atoms with Gasteiger partial charge in [0.05, 0.1) is 0 Å². The first-order valence-corrected chi connectivity index (χ1v) is 4.65. The summed E-state index contributed by atoms with van der Waals surface area (Å²) in [5.74, 6) is 0. The third-order valence-electron chi connectivity index (χ3n) is 2.14. The second kappa shape index (κ2) is 5.02. The Hall–Kier alpha value is -0.720. The normalized spacial score (nSPS) is 12.8. The average Bonchev–Trinajstić information content (AvgIpc) is 2.03. The summed E-state index contributed by atoms with van der Waals surface area (Å²) in [7, 11) is 0. The van der Waals surface area contributed by atoms with E-state index in [1.807, 2.05) is 0 Å². The molecule has 0 rings (SSSR count). The van der Waals surface area contributed by atoms with Gasteiger partial charge in [0.1, 0.15) is 0 Å². The first-order valence-electron chi connectivity index (χ1n) is 4.65. The van der Waals surface area contributed by atoms with Crippen molar-refractivity contribution in [3.05, 3.63) is 24.6 Å². The monoisotopic (exact) mass is 167 g/mol. The largest absolute Gasteiger partial charge is 0.366 e. The quantitative estimate of drug-likeness (QED) is 0.661. The molecule has 0 aromatic rings. The van der Waals surface area contributed by atoms with Gasteiger partial charge in [-0.25, -0.2) is 0 Å². The molecule has 70 valence electrons. The molecule has 0 amide bonds. The summed E-state index contributed by atoms with van der Waals surface area (Å²) < 4.78 is 0. The van der Waals surface area contributed by atoms with Gasteiger partial charge in [-0.2, -0.15) is 0 Å². The maximum atomic E-state index is 3.65. The van der Waals surface area contributed by atoms with Gasteiger partial charge in [-0.3, -0.25) is 0 Å². The summed E-state index contributed by atoms with van der Waals surface area (Å²) in [5, 5.41) is 3.15. The lowest BCUT2D eigenvalue weighted by atomic mass is 9.89. The van der Waals surface area contributed by atoms with Crippen LogP contribution in [-0.4, -0.2) is 0 Å². The van der Waals surface area contributed by atoms with Crippen molar-refractivity contribution in [3.8, 4) is 0 Å². The smallest absolute Gasteiger partial charge is 0.0108 e. The van der Waals surface area contributed by atoms with Crippen molar-refractivity contribution in [1.82, 2.24) is 5.32 Å². The van der Waals surface area contributed by atoms with Gasteiger partial charge < -0.3 is 5.32 Å². The number of nitrogens with one attached hydrogen (secondary N) is 1. The Balaban J connectivity index is 4.35. The topological polar surface area (TPSA) is 12.0 Å². The van der Waals surface area contributed by atoms with Crippen LogP contribution in [0.1, 0.15) is 40.5 Å². The molecule has 1 N–H and O–H groups in total. The predicted octanol–water partition coefficient (Wildman–Crippen LogP) is 3.45. The molecule has 0 heterocycles. The number of hydrogen-bond donors (Lipinski definition) is 1. The van der Waals surface area contributed by atoms with E-state index in [0.29, 0.717) is 5.41 Å². The Kier molecular flexibility index (Phi) is 4.72. The zero-order valence-electron chi connectivity index (χ0n) is 8.78. The molecule has 0 saturated heterocycles. The van der Waals surface area contributed by atoms with Gasteiger partial charge in [-0.1, -0.05) is 40.3 Å². The van der Waals surface area contributed by atoms with E-state index in [4.69, 9.17) is 0 Å². The van der Waals surface area contributed by atoms with Crippen LogP contribution in [0.25, 0.3) is 0 Å². The van der Waals surface area contributed by atoms with E-state index >= 15 is 0 Å². The van der Waals surface area contributed by atoms with E-state index in [9.17, 15) is 0 Å². The lowest BCUT2D eigenvalue weighted by Gasteiger charge is -2.19. The van der Waals surface area contributed by atoms with Crippen molar-refractivity contribution < 1.29 is 0 Å². The maximum Gasteiger partial charge on any atom is 0.0108 e. The third kappa shape index (κ3) is 4.22. The van der Waals surface area contributed by atoms with Gasteiger partial charge in [0.2, 0.25) is 0 Å². The Labute approximate surface area is 76.6 Å². The highest BCUT2D eigenvalue weighted by Crippen LogP contribution is 2.23. The molecule has 0 radical (unpaired) electrons. The SMILES string of the molecule is C=CN/C(=C/C(C)(C)CC)CC. The van der Waals surface area contributed by atoms with Gasteiger partial charge in [-0.15, -0.1) is 0 Å². The molecule has 0 atom stereocenters. The minimum Gasteiger partial charge on any atom is -0.366 e. The molecule has 1 nitrogen and oxygen atoms in total. The standard InChI is InChI=1S/C11H21N/c1-6-10(12-8-3)9-11(4,5)7-2/h8-9,12H,3,6-7H2,1-2,4-5H3/b10-9+. The van der Waals surface area contributed by atoms with Crippen LogP contribution >= 0.6 is 0 Å². The van der Waals surface area contributed by atoms with Gasteiger partial charge >= 0.3 is 0 Å². The maximum absolute atomic E-state index is 3.65. The molecule has 1 heteroatoms. The molecular weight excluding hydrogens is 146 g/mol. The second-order valence-electron chi connectivity index (χ2n) is 3.71. The molecule has 0 unspecified atom stereocenters. The van der Waals surface area contributed by atoms with Crippen molar-refractivity contribution in [2.45, 2.75) is 40.5 Å². The van der Waals surface area contributed by atoms with Gasteiger partial charge in [0.15, 0.2) is 0 Å². The van der Waals surface area contributed by atoms with Crippen LogP contribution in [-0.2, 0) is 0 Å². The van der Waals surface area contributed by atoms with E-state index in [1.54, 1.807) is 6.20 Å². The molecule has 0 saturated carbocycles. The van der Waals surface area contributed by atoms with Gasteiger partial charge in [0.25, 0.3) is 0 Å². The summed E-state index contributed by atoms with van der Waals surface area (Å²) in [6.07, 6.45) is 6.22. The summed E-state index contributed by atoms with van der Waals surface area (Å²) in [4.78, 5) is 0. The fourth-order valence-electron chi connectivity index (χ4n) is 0.951. The van der Waals surface area contributed by atoms with Crippen LogP contribution in [0.5, 0.6) is 0 Å². The highest BCUT2D eigenvalue weighted by atomic mass is 14.8. The molecule has 0 aliphatic rings. The fourth-order valence-corrected chi connectivity index (χ4v) is 0.951. The Morgan fingerprint density at radius 2 is 2.00 bits per heavy atom. The summed E-state index contributed by atoms with van der Waals surface area (Å²) in [6, 6.07) is 0. The Morgan fingerprint density at radius 1 is 1.42 bits per heavy atom. The zero-order chi connectivity index (χ0) is 9.61. The van der Waals surface area contributed by atoms with Crippen LogP contribution in [0.3, 0.4) is 0 Å². The Bertz CT molecular complexity index is 166. The van der Waals surface area contributed by atoms with Crippen molar-refractivity contribution >= 4 is 0 Å². The summed E-state index contributed by atoms with van der Waals surface area (Å²) >= 11 is 0. The minimum atomic E-state index is 0.293. The van der Waals surface area contributed by atoms with E-state index in [1.165, 1.54) is 5.70 Å². The first-order chi connectivity index (χ1) is 5.55. The Morgan fingerprint density at radius 3 is 2.33 bits per heavy atom. The minimum absolute atomic E-state index is 0.293. The second-order valence-corrected chi connectivity index (χ2v) is 3.71. The van der Waals surface area contributed by atoms with Crippen molar-refractivity contribution in [3.63, 3.8) is 0 Å². The number of rotatable bonds is 5. The molecule has 0 spiro atoms. The van der Waals surface area contributed by atoms with Crippen LogP contribution in [0.15, 0.2) is 24.6 Å². The molecule has 0 aliphatic heterocycles. The van der Waals surface area contributed by atoms with Crippen molar-refractivity contribution in [1.29, 1.82) is 0 Å². The molecule has 0 fully saturated rings. The van der Waals surface area contributed by atoms with Crippen molar-refractivity contribution in [2.24, 2.45) is 5.41 Å². The molecular formula is C11H21N. The van der Waals surface area contributed by atoms with E-state index in [-0.39, 0.29) is 0 Å². The highest BCUT2D eigenvalue weighted by molar-refractivity contribution is 5.07. The number of allylic oxidation sites excluding steroid dienone is 2. The van der Waals surface area contributed by atoms with E-state index < -0.39 is 0 Å². The van der Waals surface area contributed by atoms with Crippen LogP contribution in [0.4, 0.5) is 0 Å². The molecule has 0 bridgehead atoms. The van der Waals surface area contributed by atoms with Gasteiger partial charge in [0, 0.05) is 5.70 Å². The predicted molar refractivity (Wildman–Crippen MR) is 55.8 cm³/mol. The molecule has 12 heavy (non-hydrogen) atoms. The van der Waals surface area contributed by atoms with Crippen LogP contribution < -0.4 is 5.32 Å². The lowest BCUT2D eigenvalue weighted by Crippen LogP contribution is -2.11. The lowest BCUT2D eigenvalue weighted by molar-refractivity contribution is 0.455. The molecule has 0 aromatic carbocycles. The zero-order valence-corrected chi connectivity index (χ0v) is 8.78. The number of hydrogen-bond acceptors (Lipinski definition) is 1.